The molecule has 0 atom stereocenters. The Morgan fingerprint density at radius 1 is 0.781 bits per heavy atom. The van der Waals surface area contributed by atoms with Gasteiger partial charge in [-0.05, 0) is 23.3 Å². The van der Waals surface area contributed by atoms with Crippen LogP contribution in [0.25, 0.3) is 10.9 Å². The Morgan fingerprint density at radius 3 is 1.97 bits per heavy atom. The first kappa shape index (κ1) is 20.5. The van der Waals surface area contributed by atoms with Crippen molar-refractivity contribution in [2.24, 2.45) is 0 Å². The molecule has 0 unspecified atom stereocenters. The number of H-pyrrole nitrogens is 1. The van der Waals surface area contributed by atoms with Gasteiger partial charge in [0.15, 0.2) is 0 Å². The average molecular weight is 426 g/mol. The molecular weight excluding hydrogens is 398 g/mol. The molecule has 3 aromatic carbocycles. The number of piperazine rings is 1. The predicted octanol–water partition coefficient (Wildman–Crippen LogP) is 4.14. The summed E-state index contributed by atoms with van der Waals surface area (Å²) in [7, 11) is 0. The summed E-state index contributed by atoms with van der Waals surface area (Å²) >= 11 is 0. The van der Waals surface area contributed by atoms with Crippen LogP contribution in [0.1, 0.15) is 22.7 Å². The maximum absolute atomic E-state index is 12.6. The van der Waals surface area contributed by atoms with Gasteiger partial charge in [0.2, 0.25) is 0 Å². The number of pyridine rings is 1. The number of nitrogens with zero attached hydrogens (tertiary/aromatic N) is 2. The van der Waals surface area contributed by atoms with Gasteiger partial charge in [-0.3, -0.25) is 14.6 Å². The van der Waals surface area contributed by atoms with Gasteiger partial charge in [-0.15, -0.1) is 0 Å². The van der Waals surface area contributed by atoms with Crippen LogP contribution in [0.15, 0.2) is 89.7 Å². The topological polar surface area (TPSA) is 59.6 Å². The Labute approximate surface area is 187 Å². The highest BCUT2D eigenvalue weighted by Gasteiger charge is 2.27. The van der Waals surface area contributed by atoms with Crippen molar-refractivity contribution in [3.8, 4) is 5.75 Å². The molecule has 1 saturated heterocycles. The van der Waals surface area contributed by atoms with E-state index in [1.807, 2.05) is 24.3 Å². The summed E-state index contributed by atoms with van der Waals surface area (Å²) in [5.74, 6) is 0.0956. The molecular formula is C27H27N3O2. The lowest BCUT2D eigenvalue weighted by molar-refractivity contribution is 0.104. The minimum absolute atomic E-state index is 0.0956. The van der Waals surface area contributed by atoms with Crippen LogP contribution in [0.3, 0.4) is 0 Å². The van der Waals surface area contributed by atoms with E-state index in [2.05, 4.69) is 75.4 Å². The molecule has 1 aromatic heterocycles. The van der Waals surface area contributed by atoms with E-state index in [4.69, 9.17) is 0 Å². The number of para-hydroxylation sites is 1. The highest BCUT2D eigenvalue weighted by Crippen LogP contribution is 2.30. The lowest BCUT2D eigenvalue weighted by Gasteiger charge is -2.39. The Hall–Kier alpha value is -3.41. The van der Waals surface area contributed by atoms with E-state index in [0.717, 1.165) is 26.2 Å². The summed E-state index contributed by atoms with van der Waals surface area (Å²) in [4.78, 5) is 20.3. The van der Waals surface area contributed by atoms with E-state index in [0.29, 0.717) is 23.0 Å². The van der Waals surface area contributed by atoms with Crippen LogP contribution in [-0.2, 0) is 6.54 Å². The van der Waals surface area contributed by atoms with Crippen molar-refractivity contribution < 1.29 is 5.11 Å². The molecule has 1 fully saturated rings. The number of aromatic amines is 1. The van der Waals surface area contributed by atoms with Crippen LogP contribution in [-0.4, -0.2) is 46.1 Å². The summed E-state index contributed by atoms with van der Waals surface area (Å²) in [5.41, 5.74) is 3.47. The van der Waals surface area contributed by atoms with Crippen LogP contribution in [0, 0.1) is 0 Å². The quantitative estimate of drug-likeness (QED) is 0.505. The van der Waals surface area contributed by atoms with Gasteiger partial charge in [-0.2, -0.15) is 0 Å². The van der Waals surface area contributed by atoms with Crippen LogP contribution in [0.2, 0.25) is 0 Å². The molecule has 5 nitrogen and oxygen atoms in total. The van der Waals surface area contributed by atoms with Crippen LogP contribution < -0.4 is 5.56 Å². The summed E-state index contributed by atoms with van der Waals surface area (Å²) in [6, 6.07) is 28.8. The van der Waals surface area contributed by atoms with Gasteiger partial charge in [-0.25, -0.2) is 0 Å². The van der Waals surface area contributed by atoms with Crippen molar-refractivity contribution in [3.63, 3.8) is 0 Å². The second-order valence-corrected chi connectivity index (χ2v) is 8.36. The van der Waals surface area contributed by atoms with Gasteiger partial charge in [0.05, 0.1) is 17.1 Å². The number of hydrogen-bond acceptors (Lipinski definition) is 4. The Balaban J connectivity index is 1.35. The maximum atomic E-state index is 12.6. The number of aromatic hydroxyl groups is 1. The molecule has 0 aliphatic carbocycles. The fourth-order valence-corrected chi connectivity index (χ4v) is 4.70. The first-order chi connectivity index (χ1) is 15.7. The molecule has 4 aromatic rings. The fraction of sp³-hybridized carbons (Fsp3) is 0.222. The van der Waals surface area contributed by atoms with E-state index >= 15 is 0 Å². The number of nitrogens with one attached hydrogen (secondary N) is 1. The molecule has 0 saturated carbocycles. The van der Waals surface area contributed by atoms with Gasteiger partial charge in [-0.1, -0.05) is 72.8 Å². The van der Waals surface area contributed by atoms with E-state index in [1.54, 1.807) is 0 Å². The number of fused-ring (bicyclic) bond motifs is 1. The van der Waals surface area contributed by atoms with Crippen molar-refractivity contribution in [1.82, 2.24) is 14.8 Å². The number of rotatable bonds is 5. The highest BCUT2D eigenvalue weighted by atomic mass is 16.3. The van der Waals surface area contributed by atoms with Crippen molar-refractivity contribution in [1.29, 1.82) is 0 Å². The van der Waals surface area contributed by atoms with E-state index < -0.39 is 0 Å². The number of aromatic nitrogens is 1. The first-order valence-corrected chi connectivity index (χ1v) is 11.1. The lowest BCUT2D eigenvalue weighted by atomic mass is 9.96. The third kappa shape index (κ3) is 4.05. The van der Waals surface area contributed by atoms with Crippen LogP contribution in [0.4, 0.5) is 0 Å². The molecule has 5 heteroatoms. The standard InChI is InChI=1S/C27H27N3O2/c31-26-22-13-7-8-14-24(22)28-27(32)23(26)19-29-15-17-30(18-16-29)25(20-9-3-1-4-10-20)21-11-5-2-6-12-21/h1-14,25H,15-19H2,(H2,28,31,32). The molecule has 1 aliphatic rings. The van der Waals surface area contributed by atoms with Crippen LogP contribution >= 0.6 is 0 Å². The monoisotopic (exact) mass is 425 g/mol. The van der Waals surface area contributed by atoms with Gasteiger partial charge < -0.3 is 10.1 Å². The molecule has 0 radical (unpaired) electrons. The van der Waals surface area contributed by atoms with E-state index in [1.165, 1.54) is 11.1 Å². The first-order valence-electron chi connectivity index (χ1n) is 11.1. The molecule has 5 rings (SSSR count). The van der Waals surface area contributed by atoms with Gasteiger partial charge in [0.25, 0.3) is 5.56 Å². The van der Waals surface area contributed by atoms with E-state index in [-0.39, 0.29) is 17.4 Å². The summed E-state index contributed by atoms with van der Waals surface area (Å²) < 4.78 is 0. The predicted molar refractivity (Wildman–Crippen MR) is 128 cm³/mol. The normalized spacial score (nSPS) is 15.4. The smallest absolute Gasteiger partial charge is 0.256 e. The van der Waals surface area contributed by atoms with Crippen molar-refractivity contribution >= 4 is 10.9 Å². The van der Waals surface area contributed by atoms with Gasteiger partial charge in [0, 0.05) is 38.1 Å². The third-order valence-electron chi connectivity index (χ3n) is 6.37. The van der Waals surface area contributed by atoms with E-state index in [9.17, 15) is 9.90 Å². The Bertz CT molecular complexity index is 1210. The van der Waals surface area contributed by atoms with Gasteiger partial charge in [0.1, 0.15) is 5.75 Å². The molecule has 32 heavy (non-hydrogen) atoms. The second-order valence-electron chi connectivity index (χ2n) is 8.36. The third-order valence-corrected chi connectivity index (χ3v) is 6.37. The minimum atomic E-state index is -0.213. The number of hydrogen-bond donors (Lipinski definition) is 2. The zero-order chi connectivity index (χ0) is 21.9. The van der Waals surface area contributed by atoms with Crippen molar-refractivity contribution in [2.45, 2.75) is 12.6 Å². The fourth-order valence-electron chi connectivity index (χ4n) is 4.70. The molecule has 1 aliphatic heterocycles. The second kappa shape index (κ2) is 8.99. The number of benzene rings is 3. The highest BCUT2D eigenvalue weighted by molar-refractivity contribution is 5.85. The molecule has 2 N–H and O–H groups in total. The zero-order valence-corrected chi connectivity index (χ0v) is 17.9. The lowest BCUT2D eigenvalue weighted by Crippen LogP contribution is -2.47. The Morgan fingerprint density at radius 2 is 1.34 bits per heavy atom. The molecule has 0 amide bonds. The minimum Gasteiger partial charge on any atom is -0.507 e. The van der Waals surface area contributed by atoms with Crippen LogP contribution in [0.5, 0.6) is 5.75 Å². The maximum Gasteiger partial charge on any atom is 0.256 e. The molecule has 0 spiro atoms. The molecule has 0 bridgehead atoms. The SMILES string of the molecule is O=c1[nH]c2ccccc2c(O)c1CN1CCN(C(c2ccccc2)c2ccccc2)CC1. The molecule has 2 heterocycles. The van der Waals surface area contributed by atoms with Crippen molar-refractivity contribution in [2.75, 3.05) is 26.2 Å². The molecule has 162 valence electrons. The zero-order valence-electron chi connectivity index (χ0n) is 17.9. The Kier molecular flexibility index (Phi) is 5.75. The van der Waals surface area contributed by atoms with Crippen molar-refractivity contribution in [3.05, 3.63) is 112 Å². The summed E-state index contributed by atoms with van der Waals surface area (Å²) in [5, 5.41) is 11.4. The largest absolute Gasteiger partial charge is 0.507 e. The average Bonchev–Trinajstić information content (AvgIpc) is 2.84. The summed E-state index contributed by atoms with van der Waals surface area (Å²) in [6.45, 7) is 3.90. The van der Waals surface area contributed by atoms with Gasteiger partial charge >= 0.3 is 0 Å². The summed E-state index contributed by atoms with van der Waals surface area (Å²) in [6.07, 6.45) is 0.